The smallest absolute Gasteiger partial charge is 0.300 e. The molecular weight excluding hydrogens is 417 g/mol. The number of amides is 1. The molecule has 3 aromatic carbocycles. The Morgan fingerprint density at radius 3 is 2.45 bits per heavy atom. The van der Waals surface area contributed by atoms with Crippen LogP contribution in [0.4, 0.5) is 10.1 Å². The molecule has 1 heterocycles. The fraction of sp³-hybridized carbons (Fsp3) is 0.120. The summed E-state index contributed by atoms with van der Waals surface area (Å²) < 4.78 is 14.9. The number of aryl methyl sites for hydroxylation is 2. The third-order valence-electron chi connectivity index (χ3n) is 5.38. The fourth-order valence-electron chi connectivity index (χ4n) is 3.85. The van der Waals surface area contributed by atoms with E-state index in [0.717, 1.165) is 11.1 Å². The standard InChI is InChI=1S/C25H19ClFNO3/c1-14-10-11-15(2)19(12-14)23(29)21-22(18-8-3-4-9-20(18)27)28(25(31)24(21)30)17-7-5-6-16(26)13-17/h3-13,22,29H,1-2H3/b23-21+. The van der Waals surface area contributed by atoms with Gasteiger partial charge >= 0.3 is 0 Å². The Hall–Kier alpha value is -3.44. The van der Waals surface area contributed by atoms with Crippen molar-refractivity contribution in [3.63, 3.8) is 0 Å². The predicted molar refractivity (Wildman–Crippen MR) is 119 cm³/mol. The fourth-order valence-corrected chi connectivity index (χ4v) is 4.04. The van der Waals surface area contributed by atoms with Crippen LogP contribution in [0.25, 0.3) is 5.76 Å². The van der Waals surface area contributed by atoms with Crippen molar-refractivity contribution in [2.24, 2.45) is 0 Å². The topological polar surface area (TPSA) is 57.6 Å². The van der Waals surface area contributed by atoms with Gasteiger partial charge in [-0.15, -0.1) is 0 Å². The minimum absolute atomic E-state index is 0.105. The Bertz CT molecular complexity index is 1250. The van der Waals surface area contributed by atoms with Crippen LogP contribution in [0, 0.1) is 19.7 Å². The van der Waals surface area contributed by atoms with Crippen molar-refractivity contribution in [3.05, 3.63) is 105 Å². The van der Waals surface area contributed by atoms with Crippen LogP contribution in [0.3, 0.4) is 0 Å². The summed E-state index contributed by atoms with van der Waals surface area (Å²) in [6.45, 7) is 3.65. The molecule has 0 saturated carbocycles. The van der Waals surface area contributed by atoms with Gasteiger partial charge in [-0.1, -0.05) is 53.6 Å². The van der Waals surface area contributed by atoms with Crippen molar-refractivity contribution in [2.75, 3.05) is 4.90 Å². The van der Waals surface area contributed by atoms with E-state index in [2.05, 4.69) is 0 Å². The predicted octanol–water partition coefficient (Wildman–Crippen LogP) is 5.72. The average molecular weight is 436 g/mol. The molecule has 0 radical (unpaired) electrons. The Labute approximate surface area is 184 Å². The van der Waals surface area contributed by atoms with Crippen LogP contribution >= 0.6 is 11.6 Å². The van der Waals surface area contributed by atoms with Crippen LogP contribution in [0.5, 0.6) is 0 Å². The summed E-state index contributed by atoms with van der Waals surface area (Å²) in [5.41, 5.74) is 2.30. The third-order valence-corrected chi connectivity index (χ3v) is 5.61. The summed E-state index contributed by atoms with van der Waals surface area (Å²) in [6.07, 6.45) is 0. The second kappa shape index (κ2) is 8.00. The molecule has 0 bridgehead atoms. The molecule has 156 valence electrons. The number of carbonyl (C=O) groups excluding carboxylic acids is 2. The maximum Gasteiger partial charge on any atom is 0.300 e. The van der Waals surface area contributed by atoms with Gasteiger partial charge in [0.1, 0.15) is 11.6 Å². The molecule has 1 N–H and O–H groups in total. The highest BCUT2D eigenvalue weighted by molar-refractivity contribution is 6.51. The maximum absolute atomic E-state index is 14.9. The van der Waals surface area contributed by atoms with E-state index in [1.165, 1.54) is 29.2 Å². The summed E-state index contributed by atoms with van der Waals surface area (Å²) in [6, 6.07) is 16.6. The Balaban J connectivity index is 2.02. The second-order valence-corrected chi connectivity index (χ2v) is 7.93. The first-order valence-corrected chi connectivity index (χ1v) is 10.1. The molecule has 3 aromatic rings. The molecule has 1 aliphatic rings. The first-order valence-electron chi connectivity index (χ1n) is 9.68. The van der Waals surface area contributed by atoms with Gasteiger partial charge in [-0.2, -0.15) is 0 Å². The normalized spacial score (nSPS) is 17.9. The van der Waals surface area contributed by atoms with E-state index in [1.54, 1.807) is 37.3 Å². The molecule has 4 rings (SSSR count). The second-order valence-electron chi connectivity index (χ2n) is 7.49. The molecule has 1 amide bonds. The number of halogens is 2. The number of Topliss-reactive ketones (excluding diaryl/α,β-unsaturated/α-hetero) is 1. The monoisotopic (exact) mass is 435 g/mol. The number of benzene rings is 3. The molecule has 0 spiro atoms. The summed E-state index contributed by atoms with van der Waals surface area (Å²) in [7, 11) is 0. The highest BCUT2D eigenvalue weighted by atomic mass is 35.5. The number of rotatable bonds is 3. The molecule has 6 heteroatoms. The molecule has 1 fully saturated rings. The molecule has 1 unspecified atom stereocenters. The van der Waals surface area contributed by atoms with E-state index >= 15 is 0 Å². The summed E-state index contributed by atoms with van der Waals surface area (Å²) in [5, 5.41) is 11.5. The first kappa shape index (κ1) is 20.8. The van der Waals surface area contributed by atoms with Crippen molar-refractivity contribution in [1.29, 1.82) is 0 Å². The Kier molecular flexibility index (Phi) is 5.38. The highest BCUT2D eigenvalue weighted by Crippen LogP contribution is 2.43. The van der Waals surface area contributed by atoms with E-state index in [1.807, 2.05) is 19.1 Å². The molecule has 1 atom stereocenters. The first-order chi connectivity index (χ1) is 14.8. The average Bonchev–Trinajstić information content (AvgIpc) is 3.00. The van der Waals surface area contributed by atoms with Crippen LogP contribution in [0.1, 0.15) is 28.3 Å². The molecule has 0 aliphatic carbocycles. The quantitative estimate of drug-likeness (QED) is 0.325. The zero-order valence-corrected chi connectivity index (χ0v) is 17.7. The number of anilines is 1. The number of aliphatic hydroxyl groups excluding tert-OH is 1. The maximum atomic E-state index is 14.9. The van der Waals surface area contributed by atoms with Gasteiger partial charge < -0.3 is 5.11 Å². The van der Waals surface area contributed by atoms with Gasteiger partial charge in [0.05, 0.1) is 11.6 Å². The van der Waals surface area contributed by atoms with Gasteiger partial charge in [0.15, 0.2) is 0 Å². The zero-order valence-electron chi connectivity index (χ0n) is 16.9. The largest absolute Gasteiger partial charge is 0.507 e. The van der Waals surface area contributed by atoms with Gasteiger partial charge in [-0.25, -0.2) is 4.39 Å². The van der Waals surface area contributed by atoms with Crippen molar-refractivity contribution < 1.29 is 19.1 Å². The molecule has 31 heavy (non-hydrogen) atoms. The number of hydrogen-bond acceptors (Lipinski definition) is 3. The van der Waals surface area contributed by atoms with Crippen molar-refractivity contribution in [3.8, 4) is 0 Å². The lowest BCUT2D eigenvalue weighted by Gasteiger charge is -2.26. The zero-order chi connectivity index (χ0) is 22.3. The van der Waals surface area contributed by atoms with Crippen molar-refractivity contribution in [2.45, 2.75) is 19.9 Å². The molecular formula is C25H19ClFNO3. The van der Waals surface area contributed by atoms with E-state index in [9.17, 15) is 19.1 Å². The van der Waals surface area contributed by atoms with E-state index < -0.39 is 23.5 Å². The molecule has 4 nitrogen and oxygen atoms in total. The van der Waals surface area contributed by atoms with Crippen LogP contribution in [0.15, 0.2) is 72.3 Å². The number of ketones is 1. The lowest BCUT2D eigenvalue weighted by Crippen LogP contribution is -2.29. The molecule has 0 aromatic heterocycles. The van der Waals surface area contributed by atoms with Gasteiger partial charge in [-0.3, -0.25) is 14.5 Å². The lowest BCUT2D eigenvalue weighted by molar-refractivity contribution is -0.132. The van der Waals surface area contributed by atoms with Crippen molar-refractivity contribution >= 4 is 34.7 Å². The summed E-state index contributed by atoms with van der Waals surface area (Å²) in [4.78, 5) is 27.4. The van der Waals surface area contributed by atoms with Crippen molar-refractivity contribution in [1.82, 2.24) is 0 Å². The molecule has 1 saturated heterocycles. The number of carbonyl (C=O) groups is 2. The van der Waals surface area contributed by atoms with Gasteiger partial charge in [-0.05, 0) is 49.7 Å². The van der Waals surface area contributed by atoms with E-state index in [-0.39, 0.29) is 16.9 Å². The number of hydrogen-bond donors (Lipinski definition) is 1. The summed E-state index contributed by atoms with van der Waals surface area (Å²) >= 11 is 6.11. The number of nitrogens with zero attached hydrogens (tertiary/aromatic N) is 1. The number of aliphatic hydroxyl groups is 1. The third kappa shape index (κ3) is 3.62. The van der Waals surface area contributed by atoms with Crippen LogP contribution in [0.2, 0.25) is 5.02 Å². The van der Waals surface area contributed by atoms with E-state index in [4.69, 9.17) is 11.6 Å². The SMILES string of the molecule is Cc1ccc(C)c(/C(O)=C2\C(=O)C(=O)N(c3cccc(Cl)c3)C2c2ccccc2F)c1. The minimum atomic E-state index is -1.14. The van der Waals surface area contributed by atoms with Crippen LogP contribution in [-0.2, 0) is 9.59 Å². The minimum Gasteiger partial charge on any atom is -0.507 e. The van der Waals surface area contributed by atoms with Gasteiger partial charge in [0.25, 0.3) is 11.7 Å². The highest BCUT2D eigenvalue weighted by Gasteiger charge is 2.48. The summed E-state index contributed by atoms with van der Waals surface area (Å²) in [5.74, 6) is -2.67. The van der Waals surface area contributed by atoms with E-state index in [0.29, 0.717) is 16.3 Å². The van der Waals surface area contributed by atoms with Gasteiger partial charge in [0, 0.05) is 21.8 Å². The van der Waals surface area contributed by atoms with Crippen LogP contribution in [-0.4, -0.2) is 16.8 Å². The Morgan fingerprint density at radius 1 is 1.00 bits per heavy atom. The Morgan fingerprint density at radius 2 is 1.74 bits per heavy atom. The lowest BCUT2D eigenvalue weighted by atomic mass is 9.93. The van der Waals surface area contributed by atoms with Gasteiger partial charge in [0.2, 0.25) is 0 Å². The molecule has 1 aliphatic heterocycles. The van der Waals surface area contributed by atoms with Crippen LogP contribution < -0.4 is 4.90 Å².